The van der Waals surface area contributed by atoms with E-state index in [2.05, 4.69) is 5.32 Å². The Bertz CT molecular complexity index is 563. The van der Waals surface area contributed by atoms with Crippen LogP contribution in [0.4, 0.5) is 18.9 Å². The van der Waals surface area contributed by atoms with E-state index >= 15 is 0 Å². The summed E-state index contributed by atoms with van der Waals surface area (Å²) in [4.78, 5) is 12.4. The van der Waals surface area contributed by atoms with E-state index in [-0.39, 0.29) is 18.2 Å². The molecule has 21 heavy (non-hydrogen) atoms. The molecule has 1 saturated carbocycles. The smallest absolute Gasteiger partial charge is 0.416 e. The Morgan fingerprint density at radius 2 is 1.86 bits per heavy atom. The third-order valence-electron chi connectivity index (χ3n) is 4.35. The van der Waals surface area contributed by atoms with E-state index in [0.29, 0.717) is 5.75 Å². The van der Waals surface area contributed by atoms with Gasteiger partial charge < -0.3 is 10.1 Å². The summed E-state index contributed by atoms with van der Waals surface area (Å²) < 4.78 is 43.9. The second kappa shape index (κ2) is 4.93. The van der Waals surface area contributed by atoms with Gasteiger partial charge in [-0.2, -0.15) is 13.2 Å². The van der Waals surface area contributed by atoms with Crippen LogP contribution in [0, 0.1) is 5.41 Å². The molecule has 1 aliphatic carbocycles. The summed E-state index contributed by atoms with van der Waals surface area (Å²) in [6.07, 6.45) is -0.0193. The molecule has 114 valence electrons. The fourth-order valence-corrected chi connectivity index (χ4v) is 3.07. The summed E-state index contributed by atoms with van der Waals surface area (Å²) in [5.41, 5.74) is -1.28. The predicted molar refractivity (Wildman–Crippen MR) is 71.1 cm³/mol. The Hall–Kier alpha value is -1.72. The Labute approximate surface area is 120 Å². The quantitative estimate of drug-likeness (QED) is 0.786. The van der Waals surface area contributed by atoms with Crippen molar-refractivity contribution in [1.29, 1.82) is 0 Å². The van der Waals surface area contributed by atoms with Gasteiger partial charge >= 0.3 is 6.18 Å². The van der Waals surface area contributed by atoms with Gasteiger partial charge in [0.1, 0.15) is 12.4 Å². The summed E-state index contributed by atoms with van der Waals surface area (Å²) in [6.45, 7) is 0.233. The third kappa shape index (κ3) is 2.59. The SMILES string of the molecule is O=C1Nc2cc(C(F)(F)F)ccc2OCC12CCCCC2. The molecule has 1 aromatic carbocycles. The number of alkyl halides is 3. The molecule has 3 nitrogen and oxygen atoms in total. The van der Waals surface area contributed by atoms with Gasteiger partial charge in [0.2, 0.25) is 5.91 Å². The molecule has 1 fully saturated rings. The first-order valence-electron chi connectivity index (χ1n) is 7.06. The Balaban J connectivity index is 1.92. The Kier molecular flexibility index (Phi) is 3.34. The van der Waals surface area contributed by atoms with Gasteiger partial charge in [0.25, 0.3) is 0 Å². The highest BCUT2D eigenvalue weighted by Gasteiger charge is 2.43. The normalized spacial score (nSPS) is 21.2. The monoisotopic (exact) mass is 299 g/mol. The molecule has 1 aliphatic heterocycles. The summed E-state index contributed by atoms with van der Waals surface area (Å²) in [5, 5.41) is 2.63. The number of rotatable bonds is 0. The minimum Gasteiger partial charge on any atom is -0.490 e. The van der Waals surface area contributed by atoms with Crippen LogP contribution in [0.5, 0.6) is 5.75 Å². The molecule has 0 radical (unpaired) electrons. The van der Waals surface area contributed by atoms with E-state index in [0.717, 1.165) is 44.2 Å². The van der Waals surface area contributed by atoms with Gasteiger partial charge in [-0.05, 0) is 31.0 Å². The minimum atomic E-state index is -4.44. The fraction of sp³-hybridized carbons (Fsp3) is 0.533. The van der Waals surface area contributed by atoms with Crippen molar-refractivity contribution in [3.63, 3.8) is 0 Å². The molecule has 1 spiro atoms. The van der Waals surface area contributed by atoms with Crippen molar-refractivity contribution in [2.45, 2.75) is 38.3 Å². The second-order valence-electron chi connectivity index (χ2n) is 5.79. The van der Waals surface area contributed by atoms with E-state index in [1.807, 2.05) is 0 Å². The molecule has 0 aromatic heterocycles. The summed E-state index contributed by atoms with van der Waals surface area (Å²) in [6, 6.07) is 3.19. The van der Waals surface area contributed by atoms with Gasteiger partial charge in [-0.15, -0.1) is 0 Å². The Morgan fingerprint density at radius 1 is 1.14 bits per heavy atom. The third-order valence-corrected chi connectivity index (χ3v) is 4.35. The lowest BCUT2D eigenvalue weighted by Gasteiger charge is -2.33. The lowest BCUT2D eigenvalue weighted by atomic mass is 9.74. The first-order valence-corrected chi connectivity index (χ1v) is 7.06. The van der Waals surface area contributed by atoms with Crippen LogP contribution in [0.25, 0.3) is 0 Å². The number of amides is 1. The van der Waals surface area contributed by atoms with Crippen molar-refractivity contribution < 1.29 is 22.7 Å². The highest BCUT2D eigenvalue weighted by atomic mass is 19.4. The number of hydrogen-bond acceptors (Lipinski definition) is 2. The van der Waals surface area contributed by atoms with Gasteiger partial charge in [0.15, 0.2) is 0 Å². The number of benzene rings is 1. The number of nitrogens with one attached hydrogen (secondary N) is 1. The fourth-order valence-electron chi connectivity index (χ4n) is 3.07. The van der Waals surface area contributed by atoms with Gasteiger partial charge in [-0.3, -0.25) is 4.79 Å². The number of halogens is 3. The van der Waals surface area contributed by atoms with Crippen molar-refractivity contribution in [2.24, 2.45) is 5.41 Å². The van der Waals surface area contributed by atoms with Crippen LogP contribution in [-0.2, 0) is 11.0 Å². The van der Waals surface area contributed by atoms with E-state index < -0.39 is 17.2 Å². The zero-order valence-corrected chi connectivity index (χ0v) is 11.4. The molecule has 3 rings (SSSR count). The first-order chi connectivity index (χ1) is 9.91. The molecule has 2 aliphatic rings. The molecule has 0 saturated heterocycles. The molecule has 0 atom stereocenters. The van der Waals surface area contributed by atoms with Crippen LogP contribution >= 0.6 is 0 Å². The number of carbonyl (C=O) groups is 1. The number of carbonyl (C=O) groups excluding carboxylic acids is 1. The molecule has 1 aromatic rings. The van der Waals surface area contributed by atoms with Crippen LogP contribution in [0.2, 0.25) is 0 Å². The molecule has 1 heterocycles. The highest BCUT2D eigenvalue weighted by molar-refractivity contribution is 5.97. The van der Waals surface area contributed by atoms with Gasteiger partial charge in [-0.1, -0.05) is 19.3 Å². The minimum absolute atomic E-state index is 0.109. The molecule has 0 unspecified atom stereocenters. The maximum atomic E-state index is 12.8. The van der Waals surface area contributed by atoms with E-state index in [1.165, 1.54) is 6.07 Å². The molecule has 1 N–H and O–H groups in total. The number of hydrogen-bond donors (Lipinski definition) is 1. The van der Waals surface area contributed by atoms with Crippen molar-refractivity contribution in [3.05, 3.63) is 23.8 Å². The van der Waals surface area contributed by atoms with Crippen LogP contribution in [0.1, 0.15) is 37.7 Å². The maximum Gasteiger partial charge on any atom is 0.416 e. The van der Waals surface area contributed by atoms with Crippen LogP contribution < -0.4 is 10.1 Å². The number of ether oxygens (including phenoxy) is 1. The van der Waals surface area contributed by atoms with Crippen LogP contribution in [0.15, 0.2) is 18.2 Å². The average molecular weight is 299 g/mol. The molecule has 6 heteroatoms. The topological polar surface area (TPSA) is 38.3 Å². The van der Waals surface area contributed by atoms with Crippen LogP contribution in [-0.4, -0.2) is 12.5 Å². The van der Waals surface area contributed by atoms with E-state index in [4.69, 9.17) is 4.74 Å². The Morgan fingerprint density at radius 3 is 2.52 bits per heavy atom. The predicted octanol–water partition coefficient (Wildman–Crippen LogP) is 3.99. The van der Waals surface area contributed by atoms with Gasteiger partial charge in [-0.25, -0.2) is 0 Å². The standard InChI is InChI=1S/C15H16F3NO2/c16-15(17,18)10-4-5-12-11(8-10)19-13(20)14(9-21-12)6-2-1-3-7-14/h4-5,8H,1-3,6-7,9H2,(H,19,20). The highest BCUT2D eigenvalue weighted by Crippen LogP contribution is 2.43. The van der Waals surface area contributed by atoms with Crippen molar-refractivity contribution in [3.8, 4) is 5.75 Å². The second-order valence-corrected chi connectivity index (χ2v) is 5.79. The number of fused-ring (bicyclic) bond motifs is 1. The first kappa shape index (κ1) is 14.2. The van der Waals surface area contributed by atoms with Gasteiger partial charge in [0.05, 0.1) is 16.7 Å². The summed E-state index contributed by atoms with van der Waals surface area (Å²) in [7, 11) is 0. The van der Waals surface area contributed by atoms with Crippen molar-refractivity contribution in [2.75, 3.05) is 11.9 Å². The average Bonchev–Trinajstić information content (AvgIpc) is 2.57. The van der Waals surface area contributed by atoms with Crippen LogP contribution in [0.3, 0.4) is 0 Å². The lowest BCUT2D eigenvalue weighted by molar-refractivity contribution is -0.137. The molecule has 0 bridgehead atoms. The summed E-state index contributed by atoms with van der Waals surface area (Å²) >= 11 is 0. The molecule has 1 amide bonds. The van der Waals surface area contributed by atoms with E-state index in [1.54, 1.807) is 0 Å². The number of anilines is 1. The zero-order valence-electron chi connectivity index (χ0n) is 11.4. The van der Waals surface area contributed by atoms with Crippen molar-refractivity contribution >= 4 is 11.6 Å². The molecular weight excluding hydrogens is 283 g/mol. The van der Waals surface area contributed by atoms with Gasteiger partial charge in [0, 0.05) is 0 Å². The van der Waals surface area contributed by atoms with E-state index in [9.17, 15) is 18.0 Å². The molecular formula is C15H16F3NO2. The largest absolute Gasteiger partial charge is 0.490 e. The van der Waals surface area contributed by atoms with Crippen molar-refractivity contribution in [1.82, 2.24) is 0 Å². The lowest BCUT2D eigenvalue weighted by Crippen LogP contribution is -2.41. The maximum absolute atomic E-state index is 12.8. The summed E-state index contributed by atoms with van der Waals surface area (Å²) in [5.74, 6) is 0.0825. The zero-order chi connectivity index (χ0) is 15.1.